The Hall–Kier alpha value is -3.34. The first-order valence-electron chi connectivity index (χ1n) is 12.7. The van der Waals surface area contributed by atoms with Crippen molar-refractivity contribution in [1.82, 2.24) is 20.5 Å². The lowest BCUT2D eigenvalue weighted by atomic mass is 10.1. The minimum atomic E-state index is -5.36. The van der Waals surface area contributed by atoms with Crippen LogP contribution in [0.15, 0.2) is 53.6 Å². The lowest BCUT2D eigenvalue weighted by molar-refractivity contribution is -0.189. The highest BCUT2D eigenvalue weighted by Crippen LogP contribution is 2.35. The number of hydrogen-bond acceptors (Lipinski definition) is 9. The molecule has 1 fully saturated rings. The first kappa shape index (κ1) is 33.6. The van der Waals surface area contributed by atoms with E-state index in [9.17, 15) is 31.2 Å². The summed E-state index contributed by atoms with van der Waals surface area (Å²) in [5, 5.41) is 5.90. The van der Waals surface area contributed by atoms with Gasteiger partial charge in [0.2, 0.25) is 5.88 Å². The van der Waals surface area contributed by atoms with Gasteiger partial charge in [-0.2, -0.15) is 13.2 Å². The maximum Gasteiger partial charge on any atom is 0.491 e. The molecule has 0 unspecified atom stereocenters. The van der Waals surface area contributed by atoms with E-state index >= 15 is 0 Å². The number of sulfonamides is 1. The number of ether oxygens (including phenoxy) is 2. The van der Waals surface area contributed by atoms with E-state index in [1.54, 1.807) is 0 Å². The van der Waals surface area contributed by atoms with Crippen LogP contribution in [0.1, 0.15) is 10.4 Å². The predicted octanol–water partition coefficient (Wildman–Crippen LogP) is 4.74. The molecule has 2 aromatic carbocycles. The van der Waals surface area contributed by atoms with E-state index in [1.165, 1.54) is 24.3 Å². The molecular weight excluding hydrogens is 674 g/mol. The smallest absolute Gasteiger partial charge is 0.437 e. The summed E-state index contributed by atoms with van der Waals surface area (Å²) in [6.45, 7) is 3.78. The number of pyridine rings is 1. The topological polar surface area (TPSA) is 139 Å². The molecule has 4 rings (SSSR count). The molecule has 11 nitrogen and oxygen atoms in total. The zero-order valence-electron chi connectivity index (χ0n) is 22.4. The number of halogens is 6. The van der Waals surface area contributed by atoms with E-state index in [1.807, 2.05) is 0 Å². The van der Waals surface area contributed by atoms with E-state index in [2.05, 4.69) is 30.0 Å². The van der Waals surface area contributed by atoms with E-state index < -0.39 is 33.8 Å². The van der Waals surface area contributed by atoms with Crippen LogP contribution in [0.3, 0.4) is 0 Å². The molecule has 3 aromatic rings. The lowest BCUT2D eigenvalue weighted by Gasteiger charge is -2.27. The highest BCUT2D eigenvalue weighted by Gasteiger charge is 2.42. The van der Waals surface area contributed by atoms with Crippen LogP contribution in [0.2, 0.25) is 15.1 Å². The Morgan fingerprint density at radius 2 is 1.75 bits per heavy atom. The van der Waals surface area contributed by atoms with Gasteiger partial charge >= 0.3 is 12.1 Å². The number of esters is 1. The lowest BCUT2D eigenvalue weighted by Crippen LogP contribution is -2.46. The second-order valence-electron chi connectivity index (χ2n) is 9.18. The molecule has 44 heavy (non-hydrogen) atoms. The summed E-state index contributed by atoms with van der Waals surface area (Å²) in [5.41, 5.74) is -0.632. The van der Waals surface area contributed by atoms with Crippen molar-refractivity contribution in [3.05, 3.63) is 69.3 Å². The van der Waals surface area contributed by atoms with Crippen LogP contribution in [0.5, 0.6) is 17.4 Å². The number of piperazine rings is 1. The van der Waals surface area contributed by atoms with Crippen LogP contribution >= 0.6 is 34.8 Å². The van der Waals surface area contributed by atoms with Crippen LogP contribution in [-0.2, 0) is 14.8 Å². The van der Waals surface area contributed by atoms with Gasteiger partial charge in [-0.1, -0.05) is 34.8 Å². The van der Waals surface area contributed by atoms with Gasteiger partial charge in [0.15, 0.2) is 0 Å². The fraction of sp³-hybridized carbons (Fsp3) is 0.269. The van der Waals surface area contributed by atoms with Crippen molar-refractivity contribution >= 4 is 62.4 Å². The Morgan fingerprint density at radius 3 is 2.43 bits per heavy atom. The summed E-state index contributed by atoms with van der Waals surface area (Å²) in [6, 6.07) is 7.90. The molecule has 1 saturated heterocycles. The Bertz CT molecular complexity index is 1660. The standard InChI is InChI=1S/C26H23Cl3F3N5O6S/c27-15-11-21(36-44(40,41)17-2-4-19(28)20(29)13-17)24(35-14-15)42-16-1-3-18(22(12-16)43-25(39)26(30,31)32)23(38)34-7-10-37-8-5-33-6-9-37/h1-4,11-14,33,36H,5-10H2,(H,34,38). The Morgan fingerprint density at radius 1 is 1.02 bits per heavy atom. The number of rotatable bonds is 10. The minimum absolute atomic E-state index is 0.0109. The number of hydrogen-bond donors (Lipinski definition) is 3. The number of aromatic nitrogens is 1. The van der Waals surface area contributed by atoms with E-state index in [0.29, 0.717) is 6.54 Å². The summed E-state index contributed by atoms with van der Waals surface area (Å²) in [7, 11) is -4.29. The molecule has 1 aromatic heterocycles. The van der Waals surface area contributed by atoms with Crippen LogP contribution in [0.4, 0.5) is 18.9 Å². The molecule has 1 aliphatic rings. The molecule has 18 heteroatoms. The molecule has 0 atom stereocenters. The monoisotopic (exact) mass is 695 g/mol. The number of amides is 1. The summed E-state index contributed by atoms with van der Waals surface area (Å²) >= 11 is 17.8. The summed E-state index contributed by atoms with van der Waals surface area (Å²) < 4.78 is 77.5. The van der Waals surface area contributed by atoms with Crippen molar-refractivity contribution in [2.24, 2.45) is 0 Å². The zero-order chi connectivity index (χ0) is 32.1. The molecule has 0 spiro atoms. The molecule has 1 aliphatic heterocycles. The highest BCUT2D eigenvalue weighted by atomic mass is 35.5. The first-order valence-corrected chi connectivity index (χ1v) is 15.3. The summed E-state index contributed by atoms with van der Waals surface area (Å²) in [5.74, 6) is -4.74. The number of carbonyl (C=O) groups is 2. The van der Waals surface area contributed by atoms with Crippen molar-refractivity contribution < 1.29 is 40.7 Å². The van der Waals surface area contributed by atoms with E-state index in [0.717, 1.165) is 50.6 Å². The second kappa shape index (κ2) is 14.2. The third-order valence-corrected chi connectivity index (χ3v) is 8.34. The molecule has 3 N–H and O–H groups in total. The third-order valence-electron chi connectivity index (χ3n) is 6.03. The van der Waals surface area contributed by atoms with Gasteiger partial charge in [-0.05, 0) is 36.4 Å². The van der Waals surface area contributed by atoms with Gasteiger partial charge in [-0.25, -0.2) is 18.2 Å². The van der Waals surface area contributed by atoms with Gasteiger partial charge in [0.05, 0.1) is 25.5 Å². The first-order chi connectivity index (χ1) is 20.7. The van der Waals surface area contributed by atoms with Crippen LogP contribution < -0.4 is 24.8 Å². The summed E-state index contributed by atoms with van der Waals surface area (Å²) in [4.78, 5) is 30.3. The Kier molecular flexibility index (Phi) is 10.8. The number of alkyl halides is 3. The van der Waals surface area contributed by atoms with Crippen LogP contribution in [-0.4, -0.2) is 75.6 Å². The number of carbonyl (C=O) groups excluding carboxylic acids is 2. The second-order valence-corrected chi connectivity index (χ2v) is 12.1. The van der Waals surface area contributed by atoms with Crippen molar-refractivity contribution in [2.45, 2.75) is 11.1 Å². The molecule has 1 amide bonds. The van der Waals surface area contributed by atoms with Crippen molar-refractivity contribution in [2.75, 3.05) is 44.0 Å². The van der Waals surface area contributed by atoms with Crippen LogP contribution in [0.25, 0.3) is 0 Å². The highest BCUT2D eigenvalue weighted by molar-refractivity contribution is 7.92. The third kappa shape index (κ3) is 8.86. The number of nitrogens with zero attached hydrogens (tertiary/aromatic N) is 2. The number of anilines is 1. The van der Waals surface area contributed by atoms with E-state index in [4.69, 9.17) is 39.5 Å². The molecule has 0 aliphatic carbocycles. The van der Waals surface area contributed by atoms with E-state index in [-0.39, 0.29) is 49.4 Å². The fourth-order valence-corrected chi connectivity index (χ4v) is 5.49. The zero-order valence-corrected chi connectivity index (χ0v) is 25.5. The number of benzene rings is 2. The Labute approximate surface area is 264 Å². The van der Waals surface area contributed by atoms with Crippen molar-refractivity contribution in [3.8, 4) is 17.4 Å². The normalized spacial score (nSPS) is 14.1. The molecule has 0 bridgehead atoms. The molecule has 0 saturated carbocycles. The average Bonchev–Trinajstić information content (AvgIpc) is 2.96. The van der Waals surface area contributed by atoms with Gasteiger partial charge in [0.1, 0.15) is 17.2 Å². The van der Waals surface area contributed by atoms with Gasteiger partial charge in [0, 0.05) is 51.5 Å². The largest absolute Gasteiger partial charge is 0.491 e. The van der Waals surface area contributed by atoms with Gasteiger partial charge < -0.3 is 20.1 Å². The molecular formula is C26H23Cl3F3N5O6S. The fourth-order valence-electron chi connectivity index (χ4n) is 3.89. The number of nitrogens with one attached hydrogen (secondary N) is 3. The quantitative estimate of drug-likeness (QED) is 0.203. The molecule has 0 radical (unpaired) electrons. The minimum Gasteiger partial charge on any atom is -0.437 e. The van der Waals surface area contributed by atoms with Gasteiger partial charge in [-0.15, -0.1) is 0 Å². The SMILES string of the molecule is O=C(NCCN1CCNCC1)c1ccc(Oc2ncc(Cl)cc2NS(=O)(=O)c2ccc(Cl)c(Cl)c2)cc1OC(=O)C(F)(F)F. The van der Waals surface area contributed by atoms with Crippen molar-refractivity contribution in [3.63, 3.8) is 0 Å². The van der Waals surface area contributed by atoms with Crippen molar-refractivity contribution in [1.29, 1.82) is 0 Å². The predicted molar refractivity (Wildman–Crippen MR) is 156 cm³/mol. The maximum absolute atomic E-state index is 13.0. The van der Waals surface area contributed by atoms with Crippen LogP contribution in [0, 0.1) is 0 Å². The van der Waals surface area contributed by atoms with Gasteiger partial charge in [-0.3, -0.25) is 14.4 Å². The maximum atomic E-state index is 13.0. The Balaban J connectivity index is 1.59. The summed E-state index contributed by atoms with van der Waals surface area (Å²) in [6.07, 6.45) is -4.24. The molecule has 236 valence electrons. The average molecular weight is 697 g/mol. The van der Waals surface area contributed by atoms with Gasteiger partial charge in [0.25, 0.3) is 15.9 Å². The molecule has 2 heterocycles.